The number of aromatic nitrogens is 2. The Bertz CT molecular complexity index is 767. The first-order chi connectivity index (χ1) is 9.76. The van der Waals surface area contributed by atoms with Crippen LogP contribution in [0, 0.1) is 0 Å². The van der Waals surface area contributed by atoms with Crippen molar-refractivity contribution in [1.29, 1.82) is 0 Å². The molecule has 0 saturated heterocycles. The van der Waals surface area contributed by atoms with Gasteiger partial charge in [0.2, 0.25) is 0 Å². The average Bonchev–Trinajstić information content (AvgIpc) is 2.95. The minimum absolute atomic E-state index is 0.203. The summed E-state index contributed by atoms with van der Waals surface area (Å²) in [7, 11) is 0. The van der Waals surface area contributed by atoms with Gasteiger partial charge in [-0.25, -0.2) is 4.98 Å². The molecule has 1 amide bonds. The molecule has 0 aliphatic heterocycles. The zero-order valence-electron chi connectivity index (χ0n) is 10.4. The number of aliphatic hydroxyl groups is 1. The van der Waals surface area contributed by atoms with E-state index in [0.717, 1.165) is 5.52 Å². The molecule has 2 aromatic heterocycles. The minimum Gasteiger partial charge on any atom is -0.443 e. The van der Waals surface area contributed by atoms with Crippen LogP contribution >= 0.6 is 0 Å². The normalized spacial score (nSPS) is 10.7. The molecule has 0 atom stereocenters. The highest BCUT2D eigenvalue weighted by atomic mass is 16.3. The van der Waals surface area contributed by atoms with Gasteiger partial charge < -0.3 is 14.8 Å². The van der Waals surface area contributed by atoms with Gasteiger partial charge in [-0.15, -0.1) is 0 Å². The molecular weight excluding hydrogens is 258 g/mol. The first-order valence-corrected chi connectivity index (χ1v) is 5.96. The van der Waals surface area contributed by atoms with E-state index in [9.17, 15) is 4.79 Å². The van der Waals surface area contributed by atoms with E-state index in [0.29, 0.717) is 22.5 Å². The van der Waals surface area contributed by atoms with Gasteiger partial charge in [0.25, 0.3) is 5.91 Å². The van der Waals surface area contributed by atoms with Crippen LogP contribution < -0.4 is 5.32 Å². The molecular formula is C14H11N3O3. The smallest absolute Gasteiger partial charge is 0.255 e. The Kier molecular flexibility index (Phi) is 3.14. The van der Waals surface area contributed by atoms with Crippen LogP contribution in [0.1, 0.15) is 16.1 Å². The summed E-state index contributed by atoms with van der Waals surface area (Å²) in [6, 6.07) is 8.34. The molecule has 3 aromatic rings. The van der Waals surface area contributed by atoms with E-state index >= 15 is 0 Å². The van der Waals surface area contributed by atoms with E-state index in [1.807, 2.05) is 0 Å². The molecule has 2 N–H and O–H groups in total. The van der Waals surface area contributed by atoms with Crippen molar-refractivity contribution in [2.45, 2.75) is 6.61 Å². The highest BCUT2D eigenvalue weighted by Crippen LogP contribution is 2.18. The molecule has 0 radical (unpaired) electrons. The number of nitrogens with one attached hydrogen (secondary N) is 1. The summed E-state index contributed by atoms with van der Waals surface area (Å²) >= 11 is 0. The predicted octanol–water partition coefficient (Wildman–Crippen LogP) is 1.97. The number of anilines is 1. The Morgan fingerprint density at radius 1 is 1.25 bits per heavy atom. The topological polar surface area (TPSA) is 88.3 Å². The molecule has 6 nitrogen and oxygen atoms in total. The van der Waals surface area contributed by atoms with Crippen molar-refractivity contribution in [3.05, 3.63) is 54.2 Å². The van der Waals surface area contributed by atoms with Crippen LogP contribution in [0.4, 0.5) is 5.69 Å². The largest absolute Gasteiger partial charge is 0.443 e. The van der Waals surface area contributed by atoms with Crippen molar-refractivity contribution in [2.75, 3.05) is 5.32 Å². The maximum Gasteiger partial charge on any atom is 0.255 e. The predicted molar refractivity (Wildman–Crippen MR) is 72.1 cm³/mol. The Labute approximate surface area is 114 Å². The van der Waals surface area contributed by atoms with Gasteiger partial charge in [0.05, 0.1) is 12.3 Å². The monoisotopic (exact) mass is 269 g/mol. The summed E-state index contributed by atoms with van der Waals surface area (Å²) in [5.41, 5.74) is 2.83. The number of aliphatic hydroxyl groups excluding tert-OH is 1. The maximum atomic E-state index is 12.1. The van der Waals surface area contributed by atoms with Crippen LogP contribution in [-0.4, -0.2) is 21.0 Å². The van der Waals surface area contributed by atoms with Crippen molar-refractivity contribution in [3.8, 4) is 0 Å². The highest BCUT2D eigenvalue weighted by molar-refractivity contribution is 6.04. The fourth-order valence-electron chi connectivity index (χ4n) is 1.84. The molecule has 100 valence electrons. The molecule has 0 aliphatic carbocycles. The number of hydrogen-bond acceptors (Lipinski definition) is 5. The van der Waals surface area contributed by atoms with E-state index < -0.39 is 0 Å². The van der Waals surface area contributed by atoms with Gasteiger partial charge in [0, 0.05) is 23.5 Å². The Balaban J connectivity index is 1.83. The van der Waals surface area contributed by atoms with E-state index in [1.165, 1.54) is 12.6 Å². The number of pyridine rings is 1. The summed E-state index contributed by atoms with van der Waals surface area (Å²) in [4.78, 5) is 20.0. The van der Waals surface area contributed by atoms with Gasteiger partial charge in [-0.1, -0.05) is 0 Å². The van der Waals surface area contributed by atoms with Crippen LogP contribution in [-0.2, 0) is 6.61 Å². The quantitative estimate of drug-likeness (QED) is 0.758. The number of carbonyl (C=O) groups excluding carboxylic acids is 1. The lowest BCUT2D eigenvalue weighted by Gasteiger charge is -2.05. The fraction of sp³-hybridized carbons (Fsp3) is 0.0714. The average molecular weight is 269 g/mol. The number of benzene rings is 1. The van der Waals surface area contributed by atoms with Crippen molar-refractivity contribution >= 4 is 22.7 Å². The third kappa shape index (κ3) is 2.36. The van der Waals surface area contributed by atoms with Crippen molar-refractivity contribution in [2.24, 2.45) is 0 Å². The number of hydrogen-bond donors (Lipinski definition) is 2. The third-order valence-electron chi connectivity index (χ3n) is 2.83. The van der Waals surface area contributed by atoms with Crippen LogP contribution in [0.15, 0.2) is 47.3 Å². The first kappa shape index (κ1) is 12.3. The number of oxazole rings is 1. The number of nitrogens with zero attached hydrogens (tertiary/aromatic N) is 2. The molecule has 0 aliphatic rings. The lowest BCUT2D eigenvalue weighted by Crippen LogP contribution is -2.12. The van der Waals surface area contributed by atoms with Gasteiger partial charge in [-0.2, -0.15) is 0 Å². The minimum atomic E-state index is -0.277. The molecule has 6 heteroatoms. The number of fused-ring (bicyclic) bond motifs is 1. The van der Waals surface area contributed by atoms with Crippen molar-refractivity contribution in [3.63, 3.8) is 0 Å². The fourth-order valence-corrected chi connectivity index (χ4v) is 1.84. The van der Waals surface area contributed by atoms with Crippen LogP contribution in [0.2, 0.25) is 0 Å². The molecule has 3 rings (SSSR count). The van der Waals surface area contributed by atoms with E-state index in [4.69, 9.17) is 9.52 Å². The van der Waals surface area contributed by atoms with Crippen LogP contribution in [0.3, 0.4) is 0 Å². The van der Waals surface area contributed by atoms with Gasteiger partial charge in [0.1, 0.15) is 5.52 Å². The molecule has 0 spiro atoms. The third-order valence-corrected chi connectivity index (χ3v) is 2.83. The Hall–Kier alpha value is -2.73. The highest BCUT2D eigenvalue weighted by Gasteiger charge is 2.08. The lowest BCUT2D eigenvalue weighted by molar-refractivity contribution is 0.102. The summed E-state index contributed by atoms with van der Waals surface area (Å²) in [5, 5.41) is 11.8. The van der Waals surface area contributed by atoms with E-state index in [-0.39, 0.29) is 12.5 Å². The Morgan fingerprint density at radius 3 is 3.00 bits per heavy atom. The van der Waals surface area contributed by atoms with Gasteiger partial charge in [-0.05, 0) is 24.3 Å². The van der Waals surface area contributed by atoms with E-state index in [2.05, 4.69) is 15.3 Å². The number of rotatable bonds is 3. The first-order valence-electron chi connectivity index (χ1n) is 5.96. The van der Waals surface area contributed by atoms with Gasteiger partial charge in [-0.3, -0.25) is 9.78 Å². The second kappa shape index (κ2) is 5.10. The summed E-state index contributed by atoms with van der Waals surface area (Å²) < 4.78 is 5.18. The van der Waals surface area contributed by atoms with Crippen LogP contribution in [0.25, 0.3) is 11.1 Å². The van der Waals surface area contributed by atoms with Crippen molar-refractivity contribution in [1.82, 2.24) is 9.97 Å². The summed E-state index contributed by atoms with van der Waals surface area (Å²) in [6.07, 6.45) is 2.84. The molecule has 2 heterocycles. The second-order valence-electron chi connectivity index (χ2n) is 4.18. The second-order valence-corrected chi connectivity index (χ2v) is 4.18. The summed E-state index contributed by atoms with van der Waals surface area (Å²) in [5.74, 6) is -0.277. The molecule has 0 saturated carbocycles. The molecule has 1 aromatic carbocycles. The number of carbonyl (C=O) groups is 1. The zero-order valence-corrected chi connectivity index (χ0v) is 10.4. The van der Waals surface area contributed by atoms with Crippen molar-refractivity contribution < 1.29 is 14.3 Å². The number of amides is 1. The van der Waals surface area contributed by atoms with Gasteiger partial charge >= 0.3 is 0 Å². The SMILES string of the molecule is O=C(Nc1ccc2ncoc2c1)c1ccnc(CO)c1. The molecule has 20 heavy (non-hydrogen) atoms. The maximum absolute atomic E-state index is 12.1. The zero-order chi connectivity index (χ0) is 13.9. The van der Waals surface area contributed by atoms with E-state index in [1.54, 1.807) is 30.3 Å². The standard InChI is InChI=1S/C14H11N3O3/c18-7-11-5-9(3-4-15-11)14(19)17-10-1-2-12-13(6-10)20-8-16-12/h1-6,8,18H,7H2,(H,17,19). The van der Waals surface area contributed by atoms with Crippen LogP contribution in [0.5, 0.6) is 0 Å². The molecule has 0 fully saturated rings. The van der Waals surface area contributed by atoms with Gasteiger partial charge in [0.15, 0.2) is 12.0 Å². The molecule has 0 bridgehead atoms. The lowest BCUT2D eigenvalue weighted by atomic mass is 10.2. The summed E-state index contributed by atoms with van der Waals surface area (Å²) in [6.45, 7) is -0.203. The molecule has 0 unspecified atom stereocenters. The Morgan fingerprint density at radius 2 is 2.15 bits per heavy atom.